The summed E-state index contributed by atoms with van der Waals surface area (Å²) < 4.78 is 31.0. The molecule has 0 saturated carbocycles. The maximum absolute atomic E-state index is 13.4. The van der Waals surface area contributed by atoms with Crippen LogP contribution in [0.5, 0.6) is 0 Å². The van der Waals surface area contributed by atoms with E-state index in [0.717, 1.165) is 10.3 Å². The lowest BCUT2D eigenvalue weighted by molar-refractivity contribution is 0.458. The Morgan fingerprint density at radius 1 is 0.969 bits per heavy atom. The Hall–Kier alpha value is -3.75. The van der Waals surface area contributed by atoms with Gasteiger partial charge < -0.3 is 9.47 Å². The summed E-state index contributed by atoms with van der Waals surface area (Å²) in [4.78, 5) is 33.0. The molecule has 0 amide bonds. The third-order valence-electron chi connectivity index (χ3n) is 5.83. The number of fused-ring (bicyclic) bond motifs is 3. The quantitative estimate of drug-likeness (QED) is 0.494. The molecule has 0 saturated heterocycles. The predicted octanol–water partition coefficient (Wildman–Crippen LogP) is 3.01. The smallest absolute Gasteiger partial charge is 0.312 e. The molecule has 0 spiro atoms. The van der Waals surface area contributed by atoms with Crippen LogP contribution in [0.1, 0.15) is 12.5 Å². The Morgan fingerprint density at radius 2 is 1.59 bits per heavy atom. The van der Waals surface area contributed by atoms with Gasteiger partial charge in [-0.3, -0.25) is 13.9 Å². The van der Waals surface area contributed by atoms with Crippen LogP contribution < -0.4 is 16.1 Å². The van der Waals surface area contributed by atoms with Crippen molar-refractivity contribution in [2.24, 2.45) is 13.0 Å². The number of halogens is 2. The van der Waals surface area contributed by atoms with Gasteiger partial charge in [0.1, 0.15) is 11.6 Å². The monoisotopic (exact) mass is 437 g/mol. The minimum atomic E-state index is -0.497. The zero-order valence-electron chi connectivity index (χ0n) is 17.6. The number of aromatic nitrogens is 4. The highest BCUT2D eigenvalue weighted by atomic mass is 19.1. The van der Waals surface area contributed by atoms with Gasteiger partial charge in [-0.2, -0.15) is 4.98 Å². The van der Waals surface area contributed by atoms with E-state index in [9.17, 15) is 18.4 Å². The van der Waals surface area contributed by atoms with Gasteiger partial charge in [-0.05, 0) is 47.9 Å². The minimum absolute atomic E-state index is 0.0273. The van der Waals surface area contributed by atoms with Gasteiger partial charge in [0.15, 0.2) is 11.2 Å². The maximum Gasteiger partial charge on any atom is 0.332 e. The van der Waals surface area contributed by atoms with Crippen molar-refractivity contribution in [3.05, 3.63) is 86.6 Å². The van der Waals surface area contributed by atoms with Crippen molar-refractivity contribution >= 4 is 22.8 Å². The largest absolute Gasteiger partial charge is 0.332 e. The molecule has 0 bridgehead atoms. The molecular weight excluding hydrogens is 416 g/mol. The first-order valence-electron chi connectivity index (χ1n) is 10.3. The molecule has 2 aromatic carbocycles. The van der Waals surface area contributed by atoms with E-state index in [1.54, 1.807) is 31.3 Å². The van der Waals surface area contributed by atoms with Crippen molar-refractivity contribution in [2.45, 2.75) is 20.0 Å². The third-order valence-corrected chi connectivity index (χ3v) is 5.83. The highest BCUT2D eigenvalue weighted by Gasteiger charge is 2.29. The van der Waals surface area contributed by atoms with Crippen LogP contribution in [0.2, 0.25) is 0 Å². The molecule has 0 N–H and O–H groups in total. The van der Waals surface area contributed by atoms with Gasteiger partial charge in [0.25, 0.3) is 5.56 Å². The van der Waals surface area contributed by atoms with Gasteiger partial charge in [-0.25, -0.2) is 13.6 Å². The van der Waals surface area contributed by atoms with E-state index in [0.29, 0.717) is 35.8 Å². The number of benzene rings is 2. The highest BCUT2D eigenvalue weighted by molar-refractivity contribution is 5.77. The van der Waals surface area contributed by atoms with Gasteiger partial charge in [0.05, 0.1) is 6.54 Å². The summed E-state index contributed by atoms with van der Waals surface area (Å²) in [6.07, 6.45) is 0. The first-order chi connectivity index (χ1) is 15.3. The van der Waals surface area contributed by atoms with E-state index in [4.69, 9.17) is 0 Å². The summed E-state index contributed by atoms with van der Waals surface area (Å²) in [7, 11) is 1.58. The highest BCUT2D eigenvalue weighted by Crippen LogP contribution is 2.32. The first kappa shape index (κ1) is 20.2. The summed E-state index contributed by atoms with van der Waals surface area (Å²) in [6.45, 7) is 3.30. The topological polar surface area (TPSA) is 65.1 Å². The fraction of sp³-hybridized carbons (Fsp3) is 0.261. The zero-order valence-corrected chi connectivity index (χ0v) is 17.6. The van der Waals surface area contributed by atoms with E-state index < -0.39 is 11.2 Å². The average Bonchev–Trinajstić information content (AvgIpc) is 3.16. The zero-order chi connectivity index (χ0) is 22.6. The van der Waals surface area contributed by atoms with Gasteiger partial charge >= 0.3 is 5.69 Å². The second-order valence-electron chi connectivity index (χ2n) is 8.25. The second-order valence-corrected chi connectivity index (χ2v) is 8.25. The van der Waals surface area contributed by atoms with Crippen LogP contribution in [-0.2, 0) is 20.1 Å². The summed E-state index contributed by atoms with van der Waals surface area (Å²) in [5.74, 6) is 0.00560. The lowest BCUT2D eigenvalue weighted by atomic mass is 10.1. The van der Waals surface area contributed by atoms with Gasteiger partial charge in [-0.1, -0.05) is 19.1 Å². The lowest BCUT2D eigenvalue weighted by Gasteiger charge is -2.32. The standard InChI is InChI=1S/C23H21F2N5O2/c1-14-11-28(18-9-7-17(25)8-10-18)22-26-20-19(29(22)12-14)21(31)30(23(32)27(20)2)13-15-3-5-16(24)6-4-15/h3-10,14H,11-13H2,1-2H3/t14-/m0/s1. The van der Waals surface area contributed by atoms with Crippen molar-refractivity contribution in [3.8, 4) is 0 Å². The van der Waals surface area contributed by atoms with Crippen LogP contribution in [0.15, 0.2) is 58.1 Å². The number of hydrogen-bond acceptors (Lipinski definition) is 4. The van der Waals surface area contributed by atoms with Crippen molar-refractivity contribution in [3.63, 3.8) is 0 Å². The number of imidazole rings is 1. The Balaban J connectivity index is 1.70. The van der Waals surface area contributed by atoms with Crippen LogP contribution in [0.3, 0.4) is 0 Å². The molecule has 9 heteroatoms. The second kappa shape index (κ2) is 7.44. The molecule has 0 aliphatic carbocycles. The third kappa shape index (κ3) is 3.21. The number of nitrogens with zero attached hydrogens (tertiary/aromatic N) is 5. The Labute approximate surface area is 181 Å². The molecule has 0 fully saturated rings. The van der Waals surface area contributed by atoms with E-state index in [1.807, 2.05) is 9.47 Å². The fourth-order valence-corrected chi connectivity index (χ4v) is 4.26. The van der Waals surface area contributed by atoms with Crippen molar-refractivity contribution in [1.29, 1.82) is 0 Å². The van der Waals surface area contributed by atoms with E-state index >= 15 is 0 Å². The van der Waals surface area contributed by atoms with Crippen LogP contribution in [0.25, 0.3) is 11.2 Å². The van der Waals surface area contributed by atoms with Crippen LogP contribution in [0, 0.1) is 17.6 Å². The van der Waals surface area contributed by atoms with E-state index in [1.165, 1.54) is 28.8 Å². The molecule has 1 aliphatic heterocycles. The molecule has 0 unspecified atom stereocenters. The van der Waals surface area contributed by atoms with Crippen LogP contribution >= 0.6 is 0 Å². The van der Waals surface area contributed by atoms with Gasteiger partial charge in [0, 0.05) is 25.8 Å². The average molecular weight is 437 g/mol. The number of anilines is 2. The summed E-state index contributed by atoms with van der Waals surface area (Å²) >= 11 is 0. The molecular formula is C23H21F2N5O2. The van der Waals surface area contributed by atoms with Crippen molar-refractivity contribution < 1.29 is 8.78 Å². The molecule has 7 nitrogen and oxygen atoms in total. The molecule has 32 heavy (non-hydrogen) atoms. The molecule has 4 aromatic rings. The summed E-state index contributed by atoms with van der Waals surface area (Å²) in [6, 6.07) is 11.8. The van der Waals surface area contributed by atoms with Gasteiger partial charge in [0.2, 0.25) is 5.95 Å². The predicted molar refractivity (Wildman–Crippen MR) is 117 cm³/mol. The molecule has 5 rings (SSSR count). The normalized spacial score (nSPS) is 15.9. The molecule has 1 aliphatic rings. The first-order valence-corrected chi connectivity index (χ1v) is 10.3. The van der Waals surface area contributed by atoms with E-state index in [-0.39, 0.29) is 24.1 Å². The SMILES string of the molecule is C[C@H]1CN(c2ccc(F)cc2)c2nc3c(c(=O)n(Cc4ccc(F)cc4)c(=O)n3C)n2C1. The van der Waals surface area contributed by atoms with E-state index in [2.05, 4.69) is 11.9 Å². The van der Waals surface area contributed by atoms with Crippen LogP contribution in [-0.4, -0.2) is 25.2 Å². The van der Waals surface area contributed by atoms with Crippen molar-refractivity contribution in [2.75, 3.05) is 11.4 Å². The van der Waals surface area contributed by atoms with Crippen LogP contribution in [0.4, 0.5) is 20.4 Å². The maximum atomic E-state index is 13.4. The summed E-state index contributed by atoms with van der Waals surface area (Å²) in [5.41, 5.74) is 1.09. The molecule has 164 valence electrons. The number of hydrogen-bond donors (Lipinski definition) is 0. The molecule has 2 aromatic heterocycles. The van der Waals surface area contributed by atoms with Gasteiger partial charge in [-0.15, -0.1) is 0 Å². The molecule has 0 radical (unpaired) electrons. The van der Waals surface area contributed by atoms with Crippen molar-refractivity contribution in [1.82, 2.24) is 18.7 Å². The Morgan fingerprint density at radius 3 is 2.25 bits per heavy atom. The lowest BCUT2D eigenvalue weighted by Crippen LogP contribution is -2.40. The Bertz CT molecular complexity index is 1440. The number of aryl methyl sites for hydroxylation is 1. The minimum Gasteiger partial charge on any atom is -0.312 e. The fourth-order valence-electron chi connectivity index (χ4n) is 4.26. The summed E-state index contributed by atoms with van der Waals surface area (Å²) in [5, 5.41) is 0. The number of rotatable bonds is 3. The Kier molecular flexibility index (Phi) is 4.69. The molecule has 1 atom stereocenters. The molecule has 3 heterocycles.